The van der Waals surface area contributed by atoms with E-state index in [9.17, 15) is 16.8 Å². The fourth-order valence-electron chi connectivity index (χ4n) is 2.11. The van der Waals surface area contributed by atoms with Gasteiger partial charge in [-0.05, 0) is 48.2 Å². The topological polar surface area (TPSA) is 71.5 Å². The minimum Gasteiger partial charge on any atom is -0.224 e. The van der Waals surface area contributed by atoms with Crippen molar-refractivity contribution in [2.75, 3.05) is 19.6 Å². The van der Waals surface area contributed by atoms with E-state index in [0.29, 0.717) is 0 Å². The number of rotatable bonds is 6. The lowest BCUT2D eigenvalue weighted by molar-refractivity contribution is 0.466. The van der Waals surface area contributed by atoms with E-state index in [1.54, 1.807) is 11.8 Å². The van der Waals surface area contributed by atoms with Gasteiger partial charge in [0.05, 0.1) is 9.79 Å². The first-order valence-corrected chi connectivity index (χ1v) is 11.6. The Hall–Kier alpha value is -1.35. The van der Waals surface area contributed by atoms with Crippen LogP contribution >= 0.6 is 11.8 Å². The largest absolute Gasteiger partial charge is 0.243 e. The number of sulfone groups is 1. The number of benzene rings is 2. The molecule has 24 heavy (non-hydrogen) atoms. The second-order valence-electron chi connectivity index (χ2n) is 5.35. The van der Waals surface area contributed by atoms with Crippen molar-refractivity contribution in [1.29, 1.82) is 0 Å². The molecule has 130 valence electrons. The van der Waals surface area contributed by atoms with E-state index in [-0.39, 0.29) is 16.3 Å². The number of hydrogen-bond acceptors (Lipinski definition) is 5. The molecule has 0 aromatic heterocycles. The van der Waals surface area contributed by atoms with Crippen molar-refractivity contribution in [2.24, 2.45) is 0 Å². The summed E-state index contributed by atoms with van der Waals surface area (Å²) in [6.07, 6.45) is 3.06. The Labute approximate surface area is 147 Å². The molecule has 0 heterocycles. The van der Waals surface area contributed by atoms with Crippen LogP contribution in [-0.2, 0) is 26.4 Å². The molecule has 0 spiro atoms. The zero-order valence-corrected chi connectivity index (χ0v) is 16.1. The lowest BCUT2D eigenvalue weighted by Gasteiger charge is -2.17. The summed E-state index contributed by atoms with van der Waals surface area (Å²) in [6, 6.07) is 12.9. The van der Waals surface area contributed by atoms with Gasteiger partial charge in [-0.3, -0.25) is 0 Å². The van der Waals surface area contributed by atoms with Crippen LogP contribution in [-0.4, -0.2) is 40.7 Å². The Morgan fingerprint density at radius 2 is 1.38 bits per heavy atom. The lowest BCUT2D eigenvalue weighted by atomic mass is 10.2. The average Bonchev–Trinajstić information content (AvgIpc) is 2.54. The SMILES string of the molecule is CSc1ccc(CN(C)S(=O)(=O)c2ccc(S(C)(=O)=O)cc2)cc1. The van der Waals surface area contributed by atoms with Crippen molar-refractivity contribution in [3.63, 3.8) is 0 Å². The second-order valence-corrected chi connectivity index (χ2v) is 10.3. The van der Waals surface area contributed by atoms with Gasteiger partial charge in [0.15, 0.2) is 9.84 Å². The molecule has 0 atom stereocenters. The molecule has 2 rings (SSSR count). The molecule has 0 aliphatic carbocycles. The Balaban J connectivity index is 2.22. The summed E-state index contributed by atoms with van der Waals surface area (Å²) in [5, 5.41) is 0. The molecule has 5 nitrogen and oxygen atoms in total. The van der Waals surface area contributed by atoms with Crippen molar-refractivity contribution in [2.45, 2.75) is 21.2 Å². The molecule has 0 fully saturated rings. The van der Waals surface area contributed by atoms with Gasteiger partial charge in [-0.15, -0.1) is 11.8 Å². The first-order chi connectivity index (χ1) is 11.1. The maximum Gasteiger partial charge on any atom is 0.243 e. The van der Waals surface area contributed by atoms with Crippen molar-refractivity contribution >= 4 is 31.6 Å². The zero-order valence-electron chi connectivity index (χ0n) is 13.6. The molecule has 0 aliphatic rings. The van der Waals surface area contributed by atoms with Crippen LogP contribution < -0.4 is 0 Å². The lowest BCUT2D eigenvalue weighted by Crippen LogP contribution is -2.26. The third-order valence-electron chi connectivity index (χ3n) is 3.52. The molecule has 2 aromatic carbocycles. The predicted molar refractivity (Wildman–Crippen MR) is 96.4 cm³/mol. The quantitative estimate of drug-likeness (QED) is 0.715. The Morgan fingerprint density at radius 3 is 1.83 bits per heavy atom. The van der Waals surface area contributed by atoms with Crippen LogP contribution in [0.3, 0.4) is 0 Å². The molecule has 0 bridgehead atoms. The maximum absolute atomic E-state index is 12.6. The molecule has 8 heteroatoms. The van der Waals surface area contributed by atoms with Gasteiger partial charge in [-0.25, -0.2) is 16.8 Å². The van der Waals surface area contributed by atoms with Crippen LogP contribution in [0.4, 0.5) is 0 Å². The van der Waals surface area contributed by atoms with Crippen LogP contribution in [0.2, 0.25) is 0 Å². The summed E-state index contributed by atoms with van der Waals surface area (Å²) >= 11 is 1.62. The second kappa shape index (κ2) is 7.26. The van der Waals surface area contributed by atoms with E-state index in [2.05, 4.69) is 0 Å². The van der Waals surface area contributed by atoms with Crippen molar-refractivity contribution in [1.82, 2.24) is 4.31 Å². The molecule has 0 saturated heterocycles. The molecule has 2 aromatic rings. The Bertz CT molecular complexity index is 903. The van der Waals surface area contributed by atoms with Gasteiger partial charge < -0.3 is 0 Å². The summed E-state index contributed by atoms with van der Waals surface area (Å²) in [6.45, 7) is 0.241. The number of hydrogen-bond donors (Lipinski definition) is 0. The van der Waals surface area contributed by atoms with Crippen LogP contribution in [0.25, 0.3) is 0 Å². The maximum atomic E-state index is 12.6. The predicted octanol–water partition coefficient (Wildman–Crippen LogP) is 2.63. The van der Waals surface area contributed by atoms with E-state index in [0.717, 1.165) is 16.7 Å². The number of thioether (sulfide) groups is 1. The van der Waals surface area contributed by atoms with Crippen molar-refractivity contribution in [3.05, 3.63) is 54.1 Å². The summed E-state index contributed by atoms with van der Waals surface area (Å²) in [5.41, 5.74) is 0.881. The molecule has 0 amide bonds. The van der Waals surface area contributed by atoms with Crippen molar-refractivity contribution in [3.8, 4) is 0 Å². The average molecular weight is 386 g/mol. The fourth-order valence-corrected chi connectivity index (χ4v) is 4.31. The standard InChI is InChI=1S/C16H19NO4S3/c1-17(12-13-4-6-14(22-2)7-5-13)24(20,21)16-10-8-15(9-11-16)23(3,18)19/h4-11H,12H2,1-3H3. The molecule has 0 unspecified atom stereocenters. The first kappa shape index (κ1) is 19.0. The number of nitrogens with zero attached hydrogens (tertiary/aromatic N) is 1. The van der Waals surface area contributed by atoms with Gasteiger partial charge in [0.25, 0.3) is 0 Å². The monoisotopic (exact) mass is 385 g/mol. The van der Waals surface area contributed by atoms with Gasteiger partial charge in [0.2, 0.25) is 10.0 Å². The highest BCUT2D eigenvalue weighted by Crippen LogP contribution is 2.20. The van der Waals surface area contributed by atoms with E-state index >= 15 is 0 Å². The third-order valence-corrected chi connectivity index (χ3v) is 7.21. The summed E-state index contributed by atoms with van der Waals surface area (Å²) < 4.78 is 49.4. The van der Waals surface area contributed by atoms with Crippen LogP contribution in [0.15, 0.2) is 63.2 Å². The normalized spacial score (nSPS) is 12.5. The van der Waals surface area contributed by atoms with E-state index in [1.165, 1.54) is 35.6 Å². The summed E-state index contributed by atoms with van der Waals surface area (Å²) in [7, 11) is -5.53. The molecular formula is C16H19NO4S3. The van der Waals surface area contributed by atoms with Gasteiger partial charge in [0, 0.05) is 24.7 Å². The molecule has 0 aliphatic heterocycles. The van der Waals surface area contributed by atoms with E-state index in [1.807, 2.05) is 30.5 Å². The van der Waals surface area contributed by atoms with Crippen LogP contribution in [0.5, 0.6) is 0 Å². The van der Waals surface area contributed by atoms with E-state index in [4.69, 9.17) is 0 Å². The van der Waals surface area contributed by atoms with E-state index < -0.39 is 19.9 Å². The van der Waals surface area contributed by atoms with Crippen LogP contribution in [0.1, 0.15) is 5.56 Å². The highest BCUT2D eigenvalue weighted by molar-refractivity contribution is 7.98. The van der Waals surface area contributed by atoms with Crippen molar-refractivity contribution < 1.29 is 16.8 Å². The molecular weight excluding hydrogens is 366 g/mol. The highest BCUT2D eigenvalue weighted by atomic mass is 32.2. The smallest absolute Gasteiger partial charge is 0.224 e. The number of sulfonamides is 1. The Kier molecular flexibility index (Phi) is 5.74. The highest BCUT2D eigenvalue weighted by Gasteiger charge is 2.21. The van der Waals surface area contributed by atoms with Gasteiger partial charge in [-0.2, -0.15) is 4.31 Å². The van der Waals surface area contributed by atoms with Gasteiger partial charge in [0.1, 0.15) is 0 Å². The Morgan fingerprint density at radius 1 is 0.875 bits per heavy atom. The summed E-state index contributed by atoms with van der Waals surface area (Å²) in [4.78, 5) is 1.27. The minimum atomic E-state index is -3.68. The molecule has 0 radical (unpaired) electrons. The van der Waals surface area contributed by atoms with Gasteiger partial charge in [-0.1, -0.05) is 12.1 Å². The summed E-state index contributed by atoms with van der Waals surface area (Å²) in [5.74, 6) is 0. The third kappa shape index (κ3) is 4.38. The molecule has 0 N–H and O–H groups in total. The first-order valence-electron chi connectivity index (χ1n) is 7.04. The van der Waals surface area contributed by atoms with Crippen LogP contribution in [0, 0.1) is 0 Å². The minimum absolute atomic E-state index is 0.0677. The zero-order chi connectivity index (χ0) is 18.0. The fraction of sp³-hybridized carbons (Fsp3) is 0.250. The molecule has 0 saturated carbocycles. The van der Waals surface area contributed by atoms with Gasteiger partial charge >= 0.3 is 0 Å².